The van der Waals surface area contributed by atoms with Crippen LogP contribution in [0.4, 0.5) is 0 Å². The van der Waals surface area contributed by atoms with Gasteiger partial charge in [-0.1, -0.05) is 19.3 Å². The van der Waals surface area contributed by atoms with Crippen molar-refractivity contribution in [2.45, 2.75) is 44.6 Å². The number of ether oxygens (including phenoxy) is 2. The van der Waals surface area contributed by atoms with Gasteiger partial charge in [0.25, 0.3) is 5.88 Å². The number of pyridine rings is 1. The topological polar surface area (TPSA) is 57.4 Å². The molecule has 0 spiro atoms. The van der Waals surface area contributed by atoms with Gasteiger partial charge >= 0.3 is 0 Å². The minimum Gasteiger partial charge on any atom is -0.488 e. The first-order valence-corrected chi connectivity index (χ1v) is 6.73. The van der Waals surface area contributed by atoms with Crippen LogP contribution in [0.5, 0.6) is 11.6 Å². The molecular weight excluding hydrogens is 228 g/mol. The van der Waals surface area contributed by atoms with E-state index in [1.807, 2.05) is 19.1 Å². The Morgan fingerprint density at radius 1 is 1.28 bits per heavy atom. The van der Waals surface area contributed by atoms with Crippen molar-refractivity contribution in [1.82, 2.24) is 4.98 Å². The second-order valence-corrected chi connectivity index (χ2v) is 4.95. The molecule has 1 aromatic rings. The smallest absolute Gasteiger partial charge is 0.257 e. The summed E-state index contributed by atoms with van der Waals surface area (Å²) < 4.78 is 11.3. The molecule has 1 aliphatic carbocycles. The fraction of sp³-hybridized carbons (Fsp3) is 0.643. The standard InChI is InChI=1S/C14H22N2O2/c1-2-17-12-7-6-10-16-13(12)18-11-14(15)8-4-3-5-9-14/h6-7,10H,2-5,8-9,11,15H2,1H3. The summed E-state index contributed by atoms with van der Waals surface area (Å²) in [4.78, 5) is 4.21. The second kappa shape index (κ2) is 6.05. The van der Waals surface area contributed by atoms with E-state index in [1.165, 1.54) is 19.3 Å². The Bertz CT molecular complexity index is 376. The van der Waals surface area contributed by atoms with E-state index in [9.17, 15) is 0 Å². The van der Waals surface area contributed by atoms with Gasteiger partial charge in [-0.15, -0.1) is 0 Å². The summed E-state index contributed by atoms with van der Waals surface area (Å²) in [6.45, 7) is 3.07. The van der Waals surface area contributed by atoms with Gasteiger partial charge in [-0.25, -0.2) is 4.98 Å². The predicted octanol–water partition coefficient (Wildman–Crippen LogP) is 2.52. The summed E-state index contributed by atoms with van der Waals surface area (Å²) in [7, 11) is 0. The molecule has 1 fully saturated rings. The Labute approximate surface area is 108 Å². The number of nitrogens with two attached hydrogens (primary N) is 1. The van der Waals surface area contributed by atoms with E-state index < -0.39 is 0 Å². The Morgan fingerprint density at radius 2 is 2.06 bits per heavy atom. The lowest BCUT2D eigenvalue weighted by Gasteiger charge is -2.32. The van der Waals surface area contributed by atoms with E-state index in [4.69, 9.17) is 15.2 Å². The molecule has 1 aromatic heterocycles. The molecule has 0 amide bonds. The van der Waals surface area contributed by atoms with Gasteiger partial charge in [0.05, 0.1) is 12.1 Å². The normalized spacial score (nSPS) is 18.3. The van der Waals surface area contributed by atoms with Crippen molar-refractivity contribution in [1.29, 1.82) is 0 Å². The lowest BCUT2D eigenvalue weighted by molar-refractivity contribution is 0.162. The number of rotatable bonds is 5. The van der Waals surface area contributed by atoms with Gasteiger partial charge in [0.15, 0.2) is 5.75 Å². The van der Waals surface area contributed by atoms with E-state index in [-0.39, 0.29) is 5.54 Å². The summed E-state index contributed by atoms with van der Waals surface area (Å²) in [6.07, 6.45) is 7.45. The van der Waals surface area contributed by atoms with E-state index in [0.29, 0.717) is 24.8 Å². The third-order valence-electron chi connectivity index (χ3n) is 3.38. The van der Waals surface area contributed by atoms with Gasteiger partial charge in [0.2, 0.25) is 0 Å². The number of aromatic nitrogens is 1. The van der Waals surface area contributed by atoms with Crippen LogP contribution in [0.15, 0.2) is 18.3 Å². The van der Waals surface area contributed by atoms with Crippen molar-refractivity contribution in [3.8, 4) is 11.6 Å². The second-order valence-electron chi connectivity index (χ2n) is 4.95. The summed E-state index contributed by atoms with van der Waals surface area (Å²) in [5.74, 6) is 1.24. The first-order chi connectivity index (χ1) is 8.73. The third kappa shape index (κ3) is 3.35. The predicted molar refractivity (Wildman–Crippen MR) is 70.9 cm³/mol. The van der Waals surface area contributed by atoms with Crippen molar-refractivity contribution < 1.29 is 9.47 Å². The quantitative estimate of drug-likeness (QED) is 0.872. The maximum Gasteiger partial charge on any atom is 0.257 e. The van der Waals surface area contributed by atoms with Gasteiger partial charge in [-0.2, -0.15) is 0 Å². The Balaban J connectivity index is 1.96. The van der Waals surface area contributed by atoms with E-state index in [1.54, 1.807) is 6.20 Å². The van der Waals surface area contributed by atoms with E-state index in [2.05, 4.69) is 4.98 Å². The molecule has 0 saturated heterocycles. The molecule has 18 heavy (non-hydrogen) atoms. The maximum absolute atomic E-state index is 6.34. The SMILES string of the molecule is CCOc1cccnc1OCC1(N)CCCCC1. The zero-order valence-electron chi connectivity index (χ0n) is 11.0. The van der Waals surface area contributed by atoms with Crippen molar-refractivity contribution in [2.75, 3.05) is 13.2 Å². The molecule has 0 aliphatic heterocycles. The van der Waals surface area contributed by atoms with E-state index >= 15 is 0 Å². The third-order valence-corrected chi connectivity index (χ3v) is 3.38. The molecule has 2 rings (SSSR count). The molecule has 0 unspecified atom stereocenters. The number of hydrogen-bond acceptors (Lipinski definition) is 4. The van der Waals surface area contributed by atoms with Crippen LogP contribution in [-0.4, -0.2) is 23.7 Å². The number of hydrogen-bond donors (Lipinski definition) is 1. The molecular formula is C14H22N2O2. The van der Waals surface area contributed by atoms with Gasteiger partial charge in [-0.05, 0) is 31.9 Å². The molecule has 0 atom stereocenters. The molecule has 1 saturated carbocycles. The Hall–Kier alpha value is -1.29. The molecule has 100 valence electrons. The van der Waals surface area contributed by atoms with Crippen LogP contribution in [0.1, 0.15) is 39.0 Å². The molecule has 1 aliphatic rings. The minimum absolute atomic E-state index is 0.195. The zero-order chi connectivity index (χ0) is 12.8. The summed E-state index contributed by atoms with van der Waals surface area (Å²) in [6, 6.07) is 3.71. The van der Waals surface area contributed by atoms with Crippen molar-refractivity contribution in [3.63, 3.8) is 0 Å². The molecule has 1 heterocycles. The van der Waals surface area contributed by atoms with Crippen LogP contribution >= 0.6 is 0 Å². The highest BCUT2D eigenvalue weighted by atomic mass is 16.5. The Morgan fingerprint density at radius 3 is 2.78 bits per heavy atom. The van der Waals surface area contributed by atoms with Crippen LogP contribution < -0.4 is 15.2 Å². The lowest BCUT2D eigenvalue weighted by atomic mass is 9.83. The maximum atomic E-state index is 6.34. The lowest BCUT2D eigenvalue weighted by Crippen LogP contribution is -2.47. The van der Waals surface area contributed by atoms with Crippen LogP contribution in [0.25, 0.3) is 0 Å². The Kier molecular flexibility index (Phi) is 4.42. The average Bonchev–Trinajstić information content (AvgIpc) is 2.39. The van der Waals surface area contributed by atoms with Gasteiger partial charge < -0.3 is 15.2 Å². The van der Waals surface area contributed by atoms with Crippen LogP contribution in [-0.2, 0) is 0 Å². The zero-order valence-corrected chi connectivity index (χ0v) is 11.0. The first-order valence-electron chi connectivity index (χ1n) is 6.73. The minimum atomic E-state index is -0.195. The van der Waals surface area contributed by atoms with Crippen molar-refractivity contribution >= 4 is 0 Å². The molecule has 0 radical (unpaired) electrons. The monoisotopic (exact) mass is 250 g/mol. The number of nitrogens with zero attached hydrogens (tertiary/aromatic N) is 1. The highest BCUT2D eigenvalue weighted by molar-refractivity contribution is 5.32. The van der Waals surface area contributed by atoms with Crippen LogP contribution in [0.2, 0.25) is 0 Å². The first kappa shape index (κ1) is 13.1. The molecule has 0 aromatic carbocycles. The van der Waals surface area contributed by atoms with Gasteiger partial charge in [-0.3, -0.25) is 0 Å². The summed E-state index contributed by atoms with van der Waals surface area (Å²) in [5, 5.41) is 0. The van der Waals surface area contributed by atoms with Crippen LogP contribution in [0.3, 0.4) is 0 Å². The molecule has 2 N–H and O–H groups in total. The molecule has 4 heteroatoms. The highest BCUT2D eigenvalue weighted by Crippen LogP contribution is 2.29. The van der Waals surface area contributed by atoms with Crippen LogP contribution in [0, 0.1) is 0 Å². The summed E-state index contributed by atoms with van der Waals surface area (Å²) in [5.41, 5.74) is 6.14. The van der Waals surface area contributed by atoms with Crippen molar-refractivity contribution in [3.05, 3.63) is 18.3 Å². The van der Waals surface area contributed by atoms with Crippen molar-refractivity contribution in [2.24, 2.45) is 5.73 Å². The van der Waals surface area contributed by atoms with Gasteiger partial charge in [0, 0.05) is 6.20 Å². The molecule has 0 bridgehead atoms. The fourth-order valence-corrected chi connectivity index (χ4v) is 2.36. The largest absolute Gasteiger partial charge is 0.488 e. The highest BCUT2D eigenvalue weighted by Gasteiger charge is 2.28. The molecule has 4 nitrogen and oxygen atoms in total. The summed E-state index contributed by atoms with van der Waals surface area (Å²) >= 11 is 0. The van der Waals surface area contributed by atoms with E-state index in [0.717, 1.165) is 12.8 Å². The average molecular weight is 250 g/mol. The van der Waals surface area contributed by atoms with Gasteiger partial charge in [0.1, 0.15) is 6.61 Å². The fourth-order valence-electron chi connectivity index (χ4n) is 2.36.